The van der Waals surface area contributed by atoms with Gasteiger partial charge in [-0.3, -0.25) is 4.79 Å². The van der Waals surface area contributed by atoms with Gasteiger partial charge in [-0.15, -0.1) is 0 Å². The van der Waals surface area contributed by atoms with E-state index in [1.54, 1.807) is 0 Å². The summed E-state index contributed by atoms with van der Waals surface area (Å²) in [5, 5.41) is 0. The van der Waals surface area contributed by atoms with Gasteiger partial charge in [-0.1, -0.05) is 0 Å². The number of rotatable bonds is 4. The Hall–Kier alpha value is -2.68. The molecule has 1 amide bonds. The van der Waals surface area contributed by atoms with Crippen LogP contribution in [0.25, 0.3) is 0 Å². The molecule has 0 spiro atoms. The second kappa shape index (κ2) is 7.91. The van der Waals surface area contributed by atoms with Crippen molar-refractivity contribution in [3.8, 4) is 5.75 Å². The first-order valence-corrected chi connectivity index (χ1v) is 7.99. The van der Waals surface area contributed by atoms with Crippen molar-refractivity contribution in [2.45, 2.75) is 6.10 Å². The van der Waals surface area contributed by atoms with Crippen LogP contribution < -0.4 is 4.74 Å². The Morgan fingerprint density at radius 3 is 2.48 bits per heavy atom. The van der Waals surface area contributed by atoms with E-state index in [-0.39, 0.29) is 26.3 Å². The molecule has 2 aromatic carbocycles. The molecule has 0 aromatic heterocycles. The van der Waals surface area contributed by atoms with Crippen LogP contribution in [0.4, 0.5) is 22.0 Å². The molecule has 1 atom stereocenters. The molecule has 1 aliphatic rings. The smallest absolute Gasteiger partial charge is 0.257 e. The zero-order valence-electron chi connectivity index (χ0n) is 13.9. The molecule has 27 heavy (non-hydrogen) atoms. The lowest BCUT2D eigenvalue weighted by Gasteiger charge is -2.33. The molecule has 1 saturated heterocycles. The van der Waals surface area contributed by atoms with Gasteiger partial charge in [0, 0.05) is 6.54 Å². The molecule has 3 rings (SSSR count). The van der Waals surface area contributed by atoms with Crippen molar-refractivity contribution >= 4 is 5.91 Å². The van der Waals surface area contributed by atoms with E-state index in [0.717, 1.165) is 4.90 Å². The minimum absolute atomic E-state index is 0.0179. The van der Waals surface area contributed by atoms with Crippen LogP contribution in [0.3, 0.4) is 0 Å². The number of ether oxygens (including phenoxy) is 2. The summed E-state index contributed by atoms with van der Waals surface area (Å²) in [6, 6.07) is 5.59. The van der Waals surface area contributed by atoms with Gasteiger partial charge in [-0.25, -0.2) is 22.0 Å². The molecule has 4 nitrogen and oxygen atoms in total. The fourth-order valence-corrected chi connectivity index (χ4v) is 2.62. The van der Waals surface area contributed by atoms with Gasteiger partial charge >= 0.3 is 0 Å². The summed E-state index contributed by atoms with van der Waals surface area (Å²) >= 11 is 0. The van der Waals surface area contributed by atoms with E-state index in [9.17, 15) is 26.7 Å². The minimum Gasteiger partial charge on any atom is -0.491 e. The number of carbonyl (C=O) groups is 1. The first-order chi connectivity index (χ1) is 12.9. The van der Waals surface area contributed by atoms with E-state index >= 15 is 0 Å². The third-order valence-electron chi connectivity index (χ3n) is 4.01. The summed E-state index contributed by atoms with van der Waals surface area (Å²) in [6.45, 7) is 0.146. The fourth-order valence-electron chi connectivity index (χ4n) is 2.62. The highest BCUT2D eigenvalue weighted by Gasteiger charge is 2.30. The average Bonchev–Trinajstić information content (AvgIpc) is 2.68. The molecule has 0 radical (unpaired) electrons. The van der Waals surface area contributed by atoms with Crippen LogP contribution in [-0.4, -0.2) is 43.2 Å². The molecule has 2 aromatic rings. The van der Waals surface area contributed by atoms with Gasteiger partial charge in [0.15, 0.2) is 23.3 Å². The number of amides is 1. The van der Waals surface area contributed by atoms with Gasteiger partial charge in [0.25, 0.3) is 5.91 Å². The third-order valence-corrected chi connectivity index (χ3v) is 4.01. The normalized spacial score (nSPS) is 17.1. The maximum absolute atomic E-state index is 13.8. The van der Waals surface area contributed by atoms with Crippen molar-refractivity contribution in [3.05, 3.63) is 65.0 Å². The Labute approximate surface area is 151 Å². The van der Waals surface area contributed by atoms with Crippen molar-refractivity contribution in [1.29, 1.82) is 0 Å². The van der Waals surface area contributed by atoms with E-state index in [1.807, 2.05) is 0 Å². The van der Waals surface area contributed by atoms with Crippen molar-refractivity contribution in [3.63, 3.8) is 0 Å². The van der Waals surface area contributed by atoms with E-state index in [2.05, 4.69) is 0 Å². The molecule has 1 fully saturated rings. The summed E-state index contributed by atoms with van der Waals surface area (Å²) in [7, 11) is 0. The third kappa shape index (κ3) is 4.19. The number of carbonyl (C=O) groups excluding carboxylic acids is 1. The highest BCUT2D eigenvalue weighted by Crippen LogP contribution is 2.21. The standard InChI is InChI=1S/C18H14F5NO3/c19-10-1-3-11(4-2-10)27-9-12-8-24(5-6-26-12)18(25)13-7-14(20)16(22)17(23)15(13)21/h1-4,7,12H,5-6,8-9H2/t12-/m0/s1. The van der Waals surface area contributed by atoms with Gasteiger partial charge in [0.05, 0.1) is 18.7 Å². The molecule has 1 heterocycles. The van der Waals surface area contributed by atoms with Gasteiger partial charge in [-0.2, -0.15) is 0 Å². The van der Waals surface area contributed by atoms with Crippen molar-refractivity contribution < 1.29 is 36.2 Å². The summed E-state index contributed by atoms with van der Waals surface area (Å²) in [5.74, 6) is -8.43. The van der Waals surface area contributed by atoms with Crippen LogP contribution in [0.5, 0.6) is 5.75 Å². The first-order valence-electron chi connectivity index (χ1n) is 7.99. The number of hydrogen-bond donors (Lipinski definition) is 0. The molecule has 144 valence electrons. The molecule has 0 saturated carbocycles. The fraction of sp³-hybridized carbons (Fsp3) is 0.278. The minimum atomic E-state index is -2.04. The lowest BCUT2D eigenvalue weighted by Crippen LogP contribution is -2.47. The van der Waals surface area contributed by atoms with Crippen LogP contribution in [-0.2, 0) is 4.74 Å². The Balaban J connectivity index is 1.67. The van der Waals surface area contributed by atoms with Gasteiger partial charge < -0.3 is 14.4 Å². The lowest BCUT2D eigenvalue weighted by atomic mass is 10.1. The number of nitrogens with zero attached hydrogens (tertiary/aromatic N) is 1. The van der Waals surface area contributed by atoms with Crippen LogP contribution >= 0.6 is 0 Å². The molecule has 1 aliphatic heterocycles. The van der Waals surface area contributed by atoms with Gasteiger partial charge in [0.1, 0.15) is 24.3 Å². The second-order valence-electron chi connectivity index (χ2n) is 5.86. The SMILES string of the molecule is O=C(c1cc(F)c(F)c(F)c1F)N1CCO[C@H](COc2ccc(F)cc2)C1. The maximum Gasteiger partial charge on any atom is 0.257 e. The van der Waals surface area contributed by atoms with Gasteiger partial charge in [-0.05, 0) is 30.3 Å². The monoisotopic (exact) mass is 387 g/mol. The van der Waals surface area contributed by atoms with E-state index in [0.29, 0.717) is 11.8 Å². The summed E-state index contributed by atoms with van der Waals surface area (Å²) in [5.41, 5.74) is -0.897. The molecular weight excluding hydrogens is 373 g/mol. The Morgan fingerprint density at radius 2 is 1.78 bits per heavy atom. The van der Waals surface area contributed by atoms with Crippen LogP contribution in [0.15, 0.2) is 30.3 Å². The summed E-state index contributed by atoms with van der Waals surface area (Å²) in [6.07, 6.45) is -0.592. The largest absolute Gasteiger partial charge is 0.491 e. The van der Waals surface area contributed by atoms with Crippen LogP contribution in [0.1, 0.15) is 10.4 Å². The quantitative estimate of drug-likeness (QED) is 0.459. The van der Waals surface area contributed by atoms with Crippen LogP contribution in [0.2, 0.25) is 0 Å². The Kier molecular flexibility index (Phi) is 5.59. The molecule has 0 unspecified atom stereocenters. The van der Waals surface area contributed by atoms with Crippen molar-refractivity contribution in [1.82, 2.24) is 4.90 Å². The van der Waals surface area contributed by atoms with Crippen LogP contribution in [0, 0.1) is 29.1 Å². The lowest BCUT2D eigenvalue weighted by molar-refractivity contribution is -0.0402. The predicted molar refractivity (Wildman–Crippen MR) is 83.8 cm³/mol. The molecule has 0 aliphatic carbocycles. The van der Waals surface area contributed by atoms with Crippen molar-refractivity contribution in [2.75, 3.05) is 26.3 Å². The van der Waals surface area contributed by atoms with Gasteiger partial charge in [0.2, 0.25) is 0 Å². The zero-order valence-corrected chi connectivity index (χ0v) is 13.9. The number of hydrogen-bond acceptors (Lipinski definition) is 3. The summed E-state index contributed by atoms with van der Waals surface area (Å²) in [4.78, 5) is 13.5. The Bertz CT molecular complexity index is 844. The van der Waals surface area contributed by atoms with E-state index < -0.39 is 46.7 Å². The van der Waals surface area contributed by atoms with E-state index in [1.165, 1.54) is 24.3 Å². The Morgan fingerprint density at radius 1 is 1.07 bits per heavy atom. The average molecular weight is 387 g/mol. The van der Waals surface area contributed by atoms with Crippen molar-refractivity contribution in [2.24, 2.45) is 0 Å². The highest BCUT2D eigenvalue weighted by atomic mass is 19.2. The molecule has 9 heteroatoms. The highest BCUT2D eigenvalue weighted by molar-refractivity contribution is 5.94. The molecule has 0 N–H and O–H groups in total. The summed E-state index contributed by atoms with van der Waals surface area (Å²) < 4.78 is 77.3. The second-order valence-corrected chi connectivity index (χ2v) is 5.86. The predicted octanol–water partition coefficient (Wildman–Crippen LogP) is 3.30. The number of morpholine rings is 1. The molecule has 0 bridgehead atoms. The van der Waals surface area contributed by atoms with E-state index in [4.69, 9.17) is 9.47 Å². The molecular formula is C18H14F5NO3. The zero-order chi connectivity index (χ0) is 19.6. The first kappa shape index (κ1) is 19.1. The topological polar surface area (TPSA) is 38.8 Å². The number of halogens is 5. The maximum atomic E-state index is 13.8. The number of benzene rings is 2.